The molecule has 1 heterocycles. The number of carbonyl (C=O) groups is 2. The molecule has 0 aromatic heterocycles. The largest absolute Gasteiger partial charge is 0.381 e. The molecule has 6 heteroatoms. The maximum absolute atomic E-state index is 12.0. The molecule has 1 aromatic carbocycles. The van der Waals surface area contributed by atoms with Crippen molar-refractivity contribution in [3.05, 3.63) is 30.3 Å². The van der Waals surface area contributed by atoms with E-state index in [1.165, 1.54) is 0 Å². The lowest BCUT2D eigenvalue weighted by Gasteiger charge is -2.36. The van der Waals surface area contributed by atoms with E-state index in [0.717, 1.165) is 17.7 Å². The van der Waals surface area contributed by atoms with Crippen LogP contribution in [0.5, 0.6) is 0 Å². The van der Waals surface area contributed by atoms with E-state index in [1.54, 1.807) is 11.8 Å². The van der Waals surface area contributed by atoms with Crippen molar-refractivity contribution in [1.29, 1.82) is 0 Å². The van der Waals surface area contributed by atoms with Crippen molar-refractivity contribution < 1.29 is 14.3 Å². The number of hydrogen-bond acceptors (Lipinski definition) is 4. The molecule has 5 nitrogen and oxygen atoms in total. The van der Waals surface area contributed by atoms with Crippen LogP contribution >= 0.6 is 11.8 Å². The molecule has 0 unspecified atom stereocenters. The van der Waals surface area contributed by atoms with Crippen LogP contribution in [0.2, 0.25) is 0 Å². The highest BCUT2D eigenvalue weighted by atomic mass is 32.2. The standard InChI is InChI=1S/C18H26N2O3S/c1-14(2)12-19-16(21)17(22)20-13-18(8-10-23-11-9-18)24-15-6-4-3-5-7-15/h3-7,14H,8-13H2,1-2H3,(H,19,21)(H,20,22). The number of rotatable bonds is 6. The first-order valence-electron chi connectivity index (χ1n) is 8.39. The molecular formula is C18H26N2O3S. The summed E-state index contributed by atoms with van der Waals surface area (Å²) in [4.78, 5) is 25.0. The summed E-state index contributed by atoms with van der Waals surface area (Å²) in [6.07, 6.45) is 1.70. The predicted molar refractivity (Wildman–Crippen MR) is 95.9 cm³/mol. The minimum atomic E-state index is -0.560. The zero-order valence-electron chi connectivity index (χ0n) is 14.3. The summed E-state index contributed by atoms with van der Waals surface area (Å²) < 4.78 is 5.34. The van der Waals surface area contributed by atoms with Crippen molar-refractivity contribution in [3.63, 3.8) is 0 Å². The first-order valence-corrected chi connectivity index (χ1v) is 9.20. The first kappa shape index (κ1) is 18.8. The Morgan fingerprint density at radius 3 is 2.38 bits per heavy atom. The molecular weight excluding hydrogens is 324 g/mol. The second-order valence-electron chi connectivity index (χ2n) is 6.50. The minimum Gasteiger partial charge on any atom is -0.381 e. The van der Waals surface area contributed by atoms with Gasteiger partial charge < -0.3 is 15.4 Å². The van der Waals surface area contributed by atoms with Gasteiger partial charge in [-0.25, -0.2) is 0 Å². The zero-order valence-corrected chi connectivity index (χ0v) is 15.2. The monoisotopic (exact) mass is 350 g/mol. The van der Waals surface area contributed by atoms with Crippen molar-refractivity contribution >= 4 is 23.6 Å². The summed E-state index contributed by atoms with van der Waals surface area (Å²) in [6, 6.07) is 10.1. The Balaban J connectivity index is 1.94. The first-order chi connectivity index (χ1) is 11.5. The normalized spacial score (nSPS) is 16.6. The molecule has 2 N–H and O–H groups in total. The van der Waals surface area contributed by atoms with Gasteiger partial charge in [0.15, 0.2) is 0 Å². The Kier molecular flexibility index (Phi) is 7.12. The van der Waals surface area contributed by atoms with E-state index in [2.05, 4.69) is 22.8 Å². The second kappa shape index (κ2) is 9.08. The molecule has 0 saturated carbocycles. The van der Waals surface area contributed by atoms with E-state index < -0.39 is 11.8 Å². The summed E-state index contributed by atoms with van der Waals surface area (Å²) in [6.45, 7) is 6.30. The number of nitrogens with one attached hydrogen (secondary N) is 2. The average molecular weight is 350 g/mol. The molecule has 24 heavy (non-hydrogen) atoms. The number of benzene rings is 1. The van der Waals surface area contributed by atoms with Crippen LogP contribution in [0.25, 0.3) is 0 Å². The maximum Gasteiger partial charge on any atom is 0.309 e. The SMILES string of the molecule is CC(C)CNC(=O)C(=O)NCC1(Sc2ccccc2)CCOCC1. The van der Waals surface area contributed by atoms with Crippen LogP contribution in [0, 0.1) is 5.92 Å². The third-order valence-electron chi connectivity index (χ3n) is 3.93. The number of amides is 2. The molecule has 132 valence electrons. The van der Waals surface area contributed by atoms with Crippen molar-refractivity contribution in [2.75, 3.05) is 26.3 Å². The molecule has 0 aliphatic carbocycles. The summed E-state index contributed by atoms with van der Waals surface area (Å²) >= 11 is 1.76. The van der Waals surface area contributed by atoms with Crippen molar-refractivity contribution in [3.8, 4) is 0 Å². The van der Waals surface area contributed by atoms with Crippen LogP contribution in [0.1, 0.15) is 26.7 Å². The number of carbonyl (C=O) groups excluding carboxylic acids is 2. The van der Waals surface area contributed by atoms with Crippen LogP contribution in [-0.2, 0) is 14.3 Å². The Labute approximate surface area is 147 Å². The minimum absolute atomic E-state index is 0.131. The molecule has 1 aliphatic rings. The molecule has 0 bridgehead atoms. The number of hydrogen-bond donors (Lipinski definition) is 2. The summed E-state index contributed by atoms with van der Waals surface area (Å²) in [5.74, 6) is -0.803. The Hall–Kier alpha value is -1.53. The highest BCUT2D eigenvalue weighted by molar-refractivity contribution is 8.00. The highest BCUT2D eigenvalue weighted by Crippen LogP contribution is 2.39. The number of ether oxygens (including phenoxy) is 1. The third-order valence-corrected chi connectivity index (χ3v) is 5.42. The van der Waals surface area contributed by atoms with Gasteiger partial charge in [0, 0.05) is 35.9 Å². The van der Waals surface area contributed by atoms with Gasteiger partial charge in [-0.15, -0.1) is 11.8 Å². The van der Waals surface area contributed by atoms with Crippen LogP contribution in [0.4, 0.5) is 0 Å². The molecule has 1 aliphatic heterocycles. The van der Waals surface area contributed by atoms with E-state index in [4.69, 9.17) is 4.74 Å². The highest BCUT2D eigenvalue weighted by Gasteiger charge is 2.34. The van der Waals surface area contributed by atoms with Gasteiger partial charge in [0.2, 0.25) is 0 Å². The van der Waals surface area contributed by atoms with Crippen LogP contribution in [0.15, 0.2) is 35.2 Å². The number of thioether (sulfide) groups is 1. The average Bonchev–Trinajstić information content (AvgIpc) is 2.59. The molecule has 1 fully saturated rings. The lowest BCUT2D eigenvalue weighted by molar-refractivity contribution is -0.139. The lowest BCUT2D eigenvalue weighted by Crippen LogP contribution is -2.48. The quantitative estimate of drug-likeness (QED) is 0.772. The van der Waals surface area contributed by atoms with Gasteiger partial charge in [-0.05, 0) is 30.9 Å². The van der Waals surface area contributed by atoms with Crippen LogP contribution < -0.4 is 10.6 Å². The van der Waals surface area contributed by atoms with Gasteiger partial charge in [0.25, 0.3) is 0 Å². The van der Waals surface area contributed by atoms with Crippen molar-refractivity contribution in [1.82, 2.24) is 10.6 Å². The fraction of sp³-hybridized carbons (Fsp3) is 0.556. The Bertz CT molecular complexity index is 542. The van der Waals surface area contributed by atoms with E-state index in [-0.39, 0.29) is 4.75 Å². The molecule has 2 amide bonds. The molecule has 1 saturated heterocycles. The van der Waals surface area contributed by atoms with E-state index in [0.29, 0.717) is 32.2 Å². The fourth-order valence-electron chi connectivity index (χ4n) is 2.50. The van der Waals surface area contributed by atoms with Gasteiger partial charge in [-0.3, -0.25) is 9.59 Å². The van der Waals surface area contributed by atoms with Gasteiger partial charge in [0.1, 0.15) is 0 Å². The predicted octanol–water partition coefficient (Wildman–Crippen LogP) is 2.22. The summed E-state index contributed by atoms with van der Waals surface area (Å²) in [7, 11) is 0. The van der Waals surface area contributed by atoms with Crippen LogP contribution in [0.3, 0.4) is 0 Å². The fourth-order valence-corrected chi connectivity index (χ4v) is 3.80. The van der Waals surface area contributed by atoms with E-state index >= 15 is 0 Å². The van der Waals surface area contributed by atoms with Gasteiger partial charge in [-0.2, -0.15) is 0 Å². The third kappa shape index (κ3) is 5.83. The van der Waals surface area contributed by atoms with Gasteiger partial charge in [0.05, 0.1) is 0 Å². The maximum atomic E-state index is 12.0. The van der Waals surface area contributed by atoms with E-state index in [9.17, 15) is 9.59 Å². The Morgan fingerprint density at radius 1 is 1.12 bits per heavy atom. The molecule has 2 rings (SSSR count). The molecule has 0 radical (unpaired) electrons. The summed E-state index contributed by atoms with van der Waals surface area (Å²) in [5.41, 5.74) is 0. The molecule has 0 atom stereocenters. The van der Waals surface area contributed by atoms with Crippen LogP contribution in [-0.4, -0.2) is 42.9 Å². The van der Waals surface area contributed by atoms with Crippen molar-refractivity contribution in [2.24, 2.45) is 5.92 Å². The zero-order chi connectivity index (χ0) is 17.4. The van der Waals surface area contributed by atoms with Gasteiger partial charge in [-0.1, -0.05) is 32.0 Å². The second-order valence-corrected chi connectivity index (χ2v) is 8.04. The molecule has 1 aromatic rings. The topological polar surface area (TPSA) is 67.4 Å². The summed E-state index contributed by atoms with van der Waals surface area (Å²) in [5, 5.41) is 5.46. The van der Waals surface area contributed by atoms with Crippen molar-refractivity contribution in [2.45, 2.75) is 36.3 Å². The van der Waals surface area contributed by atoms with Gasteiger partial charge >= 0.3 is 11.8 Å². The molecule has 0 spiro atoms. The lowest BCUT2D eigenvalue weighted by atomic mass is 9.99. The smallest absolute Gasteiger partial charge is 0.309 e. The van der Waals surface area contributed by atoms with E-state index in [1.807, 2.05) is 32.0 Å². The Morgan fingerprint density at radius 2 is 1.75 bits per heavy atom.